The average Bonchev–Trinajstić information content (AvgIpc) is 2.99. The number of likely N-dealkylation sites (tertiary alicyclic amines) is 1. The summed E-state index contributed by atoms with van der Waals surface area (Å²) in [4.78, 5) is 21.3. The smallest absolute Gasteiger partial charge is 0.337 e. The topological polar surface area (TPSA) is 40.9 Å². The number of rotatable bonds is 3. The van der Waals surface area contributed by atoms with Gasteiger partial charge in [0, 0.05) is 19.3 Å². The maximum atomic E-state index is 13.2. The number of hydrogen-bond acceptors (Lipinski definition) is 3. The lowest BCUT2D eigenvalue weighted by Gasteiger charge is -2.35. The van der Waals surface area contributed by atoms with Crippen LogP contribution >= 0.6 is 11.6 Å². The number of fused-ring (bicyclic) bond motifs is 1. The second-order valence-electron chi connectivity index (χ2n) is 6.98. The van der Waals surface area contributed by atoms with Crippen LogP contribution in [0.25, 0.3) is 5.65 Å². The van der Waals surface area contributed by atoms with Gasteiger partial charge in [-0.3, -0.25) is 9.20 Å². The maximum Gasteiger partial charge on any atom is 0.417 e. The summed E-state index contributed by atoms with van der Waals surface area (Å²) in [6.45, 7) is 3.56. The highest BCUT2D eigenvalue weighted by Crippen LogP contribution is 2.33. The molecule has 2 aromatic heterocycles. The van der Waals surface area contributed by atoms with E-state index < -0.39 is 11.7 Å². The van der Waals surface area contributed by atoms with Gasteiger partial charge in [0.15, 0.2) is 5.65 Å². The third-order valence-electron chi connectivity index (χ3n) is 5.17. The molecule has 1 saturated heterocycles. The van der Waals surface area contributed by atoms with Gasteiger partial charge < -0.3 is 9.80 Å². The summed E-state index contributed by atoms with van der Waals surface area (Å²) in [6, 6.07) is 0.892. The van der Waals surface area contributed by atoms with Crippen LogP contribution in [-0.4, -0.2) is 58.3 Å². The number of aryl methyl sites for hydroxylation is 1. The van der Waals surface area contributed by atoms with Crippen molar-refractivity contribution in [1.82, 2.24) is 19.2 Å². The van der Waals surface area contributed by atoms with Crippen LogP contribution in [0.2, 0.25) is 5.02 Å². The van der Waals surface area contributed by atoms with Gasteiger partial charge in [0.25, 0.3) is 5.91 Å². The first-order chi connectivity index (χ1) is 12.6. The third-order valence-corrected chi connectivity index (χ3v) is 5.45. The van der Waals surface area contributed by atoms with Gasteiger partial charge >= 0.3 is 6.18 Å². The molecule has 5 nitrogen and oxygen atoms in total. The largest absolute Gasteiger partial charge is 0.417 e. The molecule has 0 aliphatic carbocycles. The van der Waals surface area contributed by atoms with Crippen molar-refractivity contribution >= 4 is 23.2 Å². The minimum Gasteiger partial charge on any atom is -0.337 e. The molecule has 9 heteroatoms. The normalized spacial score (nSPS) is 16.9. The number of carbonyl (C=O) groups excluding carboxylic acids is 1. The predicted octanol–water partition coefficient (Wildman–Crippen LogP) is 3.74. The Morgan fingerprint density at radius 2 is 2.00 bits per heavy atom. The number of halogens is 4. The van der Waals surface area contributed by atoms with Crippen molar-refractivity contribution in [1.29, 1.82) is 0 Å². The number of carbonyl (C=O) groups is 1. The second-order valence-corrected chi connectivity index (χ2v) is 7.39. The summed E-state index contributed by atoms with van der Waals surface area (Å²) in [5.74, 6) is -0.329. The molecule has 0 N–H and O–H groups in total. The fourth-order valence-electron chi connectivity index (χ4n) is 3.49. The highest BCUT2D eigenvalue weighted by molar-refractivity contribution is 6.33. The third kappa shape index (κ3) is 3.78. The Labute approximate surface area is 160 Å². The number of aromatic nitrogens is 2. The number of imidazole rings is 1. The van der Waals surface area contributed by atoms with Crippen molar-refractivity contribution in [3.8, 4) is 0 Å². The Hall–Kier alpha value is -1.80. The number of pyridine rings is 1. The highest BCUT2D eigenvalue weighted by Gasteiger charge is 2.34. The molecule has 0 saturated carbocycles. The average molecular weight is 403 g/mol. The van der Waals surface area contributed by atoms with Crippen LogP contribution in [0.4, 0.5) is 13.2 Å². The Balaban J connectivity index is 2.06. The zero-order valence-electron chi connectivity index (χ0n) is 15.5. The molecule has 0 bridgehead atoms. The van der Waals surface area contributed by atoms with Crippen molar-refractivity contribution in [3.63, 3.8) is 0 Å². The number of amides is 1. The molecule has 148 valence electrons. The summed E-state index contributed by atoms with van der Waals surface area (Å²) in [7, 11) is 3.73. The first-order valence-corrected chi connectivity index (χ1v) is 9.24. The lowest BCUT2D eigenvalue weighted by Crippen LogP contribution is -2.45. The van der Waals surface area contributed by atoms with Crippen molar-refractivity contribution in [3.05, 3.63) is 34.2 Å². The lowest BCUT2D eigenvalue weighted by atomic mass is 10.0. The zero-order valence-corrected chi connectivity index (χ0v) is 16.2. The SMILES string of the molecule is CCc1nc2c(Cl)cc(C(F)(F)F)cn2c1C(=O)N(C)C1CCN(C)CC1. The number of hydrogen-bond donors (Lipinski definition) is 0. The van der Waals surface area contributed by atoms with Gasteiger partial charge in [-0.15, -0.1) is 0 Å². The molecule has 0 unspecified atom stereocenters. The monoisotopic (exact) mass is 402 g/mol. The molecule has 2 aromatic rings. The highest BCUT2D eigenvalue weighted by atomic mass is 35.5. The Morgan fingerprint density at radius 1 is 1.37 bits per heavy atom. The van der Waals surface area contributed by atoms with Gasteiger partial charge in [0.2, 0.25) is 0 Å². The first kappa shape index (κ1) is 19.9. The maximum absolute atomic E-state index is 13.2. The fraction of sp³-hybridized carbons (Fsp3) is 0.556. The van der Waals surface area contributed by atoms with E-state index in [2.05, 4.69) is 9.88 Å². The molecule has 27 heavy (non-hydrogen) atoms. The van der Waals surface area contributed by atoms with E-state index in [1.165, 1.54) is 4.40 Å². The molecule has 1 fully saturated rings. The molecule has 1 aliphatic rings. The van der Waals surface area contributed by atoms with Crippen molar-refractivity contribution in [2.24, 2.45) is 0 Å². The van der Waals surface area contributed by atoms with Gasteiger partial charge in [0.05, 0.1) is 16.3 Å². The first-order valence-electron chi connectivity index (χ1n) is 8.86. The predicted molar refractivity (Wildman–Crippen MR) is 97.2 cm³/mol. The number of alkyl halides is 3. The number of piperidine rings is 1. The van der Waals surface area contributed by atoms with Gasteiger partial charge in [-0.1, -0.05) is 18.5 Å². The summed E-state index contributed by atoms with van der Waals surface area (Å²) in [5, 5.41) is -0.125. The van der Waals surface area contributed by atoms with E-state index in [9.17, 15) is 18.0 Å². The molecule has 0 aromatic carbocycles. The van der Waals surface area contributed by atoms with E-state index in [0.717, 1.165) is 38.2 Å². The summed E-state index contributed by atoms with van der Waals surface area (Å²) in [6.07, 6.45) is -1.59. The molecule has 3 rings (SSSR count). The van der Waals surface area contributed by atoms with E-state index >= 15 is 0 Å². The van der Waals surface area contributed by atoms with Crippen LogP contribution < -0.4 is 0 Å². The fourth-order valence-corrected chi connectivity index (χ4v) is 3.75. The van der Waals surface area contributed by atoms with Crippen LogP contribution in [0.15, 0.2) is 12.3 Å². The van der Waals surface area contributed by atoms with Crippen LogP contribution in [0.1, 0.15) is 41.5 Å². The zero-order chi connectivity index (χ0) is 19.9. The summed E-state index contributed by atoms with van der Waals surface area (Å²) < 4.78 is 40.8. The van der Waals surface area contributed by atoms with Crippen LogP contribution in [0.3, 0.4) is 0 Å². The van der Waals surface area contributed by atoms with Gasteiger partial charge in [0.1, 0.15) is 5.69 Å². The van der Waals surface area contributed by atoms with E-state index in [1.54, 1.807) is 11.9 Å². The van der Waals surface area contributed by atoms with Crippen LogP contribution in [0.5, 0.6) is 0 Å². The van der Waals surface area contributed by atoms with Gasteiger partial charge in [-0.25, -0.2) is 4.98 Å². The van der Waals surface area contributed by atoms with Crippen LogP contribution in [-0.2, 0) is 12.6 Å². The van der Waals surface area contributed by atoms with Gasteiger partial charge in [-0.05, 0) is 45.5 Å². The molecule has 0 spiro atoms. The lowest BCUT2D eigenvalue weighted by molar-refractivity contribution is -0.137. The van der Waals surface area contributed by atoms with E-state index in [1.807, 2.05) is 14.0 Å². The molecule has 1 aliphatic heterocycles. The molecule has 3 heterocycles. The minimum atomic E-state index is -4.56. The quantitative estimate of drug-likeness (QED) is 0.785. The van der Waals surface area contributed by atoms with Crippen molar-refractivity contribution in [2.75, 3.05) is 27.2 Å². The Bertz CT molecular complexity index is 856. The minimum absolute atomic E-state index is 0.0465. The summed E-state index contributed by atoms with van der Waals surface area (Å²) >= 11 is 6.05. The van der Waals surface area contributed by atoms with Crippen LogP contribution in [0, 0.1) is 0 Å². The van der Waals surface area contributed by atoms with Crippen molar-refractivity contribution < 1.29 is 18.0 Å². The molecule has 0 radical (unpaired) electrons. The standard InChI is InChI=1S/C18H22ClF3N4O/c1-4-14-15(17(27)25(3)12-5-7-24(2)8-6-12)26-10-11(18(20,21)22)9-13(19)16(26)23-14/h9-10,12H,4-8H2,1-3H3. The Kier molecular flexibility index (Phi) is 5.40. The molecular weight excluding hydrogens is 381 g/mol. The molecular formula is C18H22ClF3N4O. The molecule has 0 atom stereocenters. The molecule has 1 amide bonds. The number of nitrogens with zero attached hydrogens (tertiary/aromatic N) is 4. The van der Waals surface area contributed by atoms with E-state index in [4.69, 9.17) is 11.6 Å². The summed E-state index contributed by atoms with van der Waals surface area (Å²) in [5.41, 5.74) is -0.138. The second kappa shape index (κ2) is 7.31. The van der Waals surface area contributed by atoms with Gasteiger partial charge in [-0.2, -0.15) is 13.2 Å². The van der Waals surface area contributed by atoms with Crippen molar-refractivity contribution in [2.45, 2.75) is 38.4 Å². The van der Waals surface area contributed by atoms with E-state index in [0.29, 0.717) is 12.1 Å². The van der Waals surface area contributed by atoms with E-state index in [-0.39, 0.29) is 28.3 Å². The Morgan fingerprint density at radius 3 is 2.56 bits per heavy atom.